The molecular weight excluding hydrogens is 181 g/mol. The van der Waals surface area contributed by atoms with Crippen LogP contribution in [-0.4, -0.2) is 11.7 Å². The van der Waals surface area contributed by atoms with Crippen LogP contribution < -0.4 is 5.32 Å². The predicted octanol–water partition coefficient (Wildman–Crippen LogP) is 2.26. The van der Waals surface area contributed by atoms with Crippen LogP contribution in [0, 0.1) is 12.7 Å². The second-order valence-corrected chi connectivity index (χ2v) is 3.76. The van der Waals surface area contributed by atoms with E-state index in [0.29, 0.717) is 5.56 Å². The second kappa shape index (κ2) is 3.58. The average Bonchev–Trinajstić information content (AvgIpc) is 2.67. The largest absolute Gasteiger partial charge is 0.507 e. The zero-order valence-electron chi connectivity index (χ0n) is 8.18. The van der Waals surface area contributed by atoms with Gasteiger partial charge in [-0.05, 0) is 32.4 Å². The van der Waals surface area contributed by atoms with E-state index in [0.717, 1.165) is 24.9 Å². The number of nitrogens with one attached hydrogen (secondary N) is 1. The number of aromatic hydroxyl groups is 1. The van der Waals surface area contributed by atoms with Gasteiger partial charge in [0.25, 0.3) is 0 Å². The van der Waals surface area contributed by atoms with E-state index in [4.69, 9.17) is 0 Å². The van der Waals surface area contributed by atoms with Crippen molar-refractivity contribution in [2.24, 2.45) is 0 Å². The number of hydrogen-bond donors (Lipinski definition) is 2. The molecule has 2 N–H and O–H groups in total. The monoisotopic (exact) mass is 195 g/mol. The van der Waals surface area contributed by atoms with Gasteiger partial charge in [-0.2, -0.15) is 0 Å². The Morgan fingerprint density at radius 3 is 2.93 bits per heavy atom. The first kappa shape index (κ1) is 9.46. The topological polar surface area (TPSA) is 32.3 Å². The zero-order valence-corrected chi connectivity index (χ0v) is 8.18. The number of phenols is 1. The Balaban J connectivity index is 2.38. The highest BCUT2D eigenvalue weighted by Crippen LogP contribution is 2.33. The number of hydrogen-bond acceptors (Lipinski definition) is 2. The molecule has 1 aliphatic heterocycles. The molecule has 1 aliphatic rings. The lowest BCUT2D eigenvalue weighted by molar-refractivity contribution is 0.445. The third kappa shape index (κ3) is 1.48. The number of benzene rings is 1. The van der Waals surface area contributed by atoms with Crippen molar-refractivity contribution in [2.75, 3.05) is 6.54 Å². The fourth-order valence-corrected chi connectivity index (χ4v) is 1.93. The molecular formula is C11H14FNO. The quantitative estimate of drug-likeness (QED) is 0.720. The molecule has 0 radical (unpaired) electrons. The molecule has 0 saturated carbocycles. The third-order valence-corrected chi connectivity index (χ3v) is 2.83. The maximum Gasteiger partial charge on any atom is 0.129 e. The summed E-state index contributed by atoms with van der Waals surface area (Å²) in [5.74, 6) is -0.242. The number of phenolic OH excluding ortho intramolecular Hbond substituents is 1. The minimum absolute atomic E-state index is 0.101. The van der Waals surface area contributed by atoms with Gasteiger partial charge in [0.2, 0.25) is 0 Å². The molecule has 3 heteroatoms. The molecule has 2 nitrogen and oxygen atoms in total. The van der Waals surface area contributed by atoms with Gasteiger partial charge in [0.1, 0.15) is 11.6 Å². The first-order valence-electron chi connectivity index (χ1n) is 4.91. The highest BCUT2D eigenvalue weighted by Gasteiger charge is 2.20. The van der Waals surface area contributed by atoms with E-state index in [9.17, 15) is 9.50 Å². The molecule has 1 aromatic rings. The second-order valence-electron chi connectivity index (χ2n) is 3.76. The maximum absolute atomic E-state index is 13.1. The van der Waals surface area contributed by atoms with Crippen LogP contribution in [-0.2, 0) is 0 Å². The van der Waals surface area contributed by atoms with Crippen LogP contribution in [0.1, 0.15) is 30.0 Å². The van der Waals surface area contributed by atoms with Crippen molar-refractivity contribution in [2.45, 2.75) is 25.8 Å². The molecule has 14 heavy (non-hydrogen) atoms. The Bertz CT molecular complexity index is 345. The van der Waals surface area contributed by atoms with E-state index in [1.165, 1.54) is 6.07 Å². The molecule has 0 aromatic heterocycles. The number of halogens is 1. The molecule has 1 fully saturated rings. The van der Waals surface area contributed by atoms with Crippen LogP contribution in [0.4, 0.5) is 4.39 Å². The van der Waals surface area contributed by atoms with Crippen LogP contribution in [0.3, 0.4) is 0 Å². The van der Waals surface area contributed by atoms with Gasteiger partial charge in [0.15, 0.2) is 0 Å². The molecule has 0 bridgehead atoms. The van der Waals surface area contributed by atoms with Crippen LogP contribution >= 0.6 is 0 Å². The van der Waals surface area contributed by atoms with Gasteiger partial charge in [-0.3, -0.25) is 0 Å². The summed E-state index contributed by atoms with van der Waals surface area (Å²) in [4.78, 5) is 0. The Morgan fingerprint density at radius 2 is 2.29 bits per heavy atom. The average molecular weight is 195 g/mol. The summed E-state index contributed by atoms with van der Waals surface area (Å²) < 4.78 is 13.1. The van der Waals surface area contributed by atoms with Gasteiger partial charge >= 0.3 is 0 Å². The Labute approximate surface area is 82.8 Å². The minimum Gasteiger partial charge on any atom is -0.507 e. The van der Waals surface area contributed by atoms with Crippen molar-refractivity contribution in [3.8, 4) is 5.75 Å². The Morgan fingerprint density at radius 1 is 1.50 bits per heavy atom. The van der Waals surface area contributed by atoms with Crippen molar-refractivity contribution in [1.29, 1.82) is 0 Å². The van der Waals surface area contributed by atoms with Crippen molar-refractivity contribution in [3.63, 3.8) is 0 Å². The molecule has 2 rings (SSSR count). The molecule has 1 atom stereocenters. The van der Waals surface area contributed by atoms with E-state index < -0.39 is 0 Å². The number of rotatable bonds is 1. The summed E-state index contributed by atoms with van der Waals surface area (Å²) in [5.41, 5.74) is 1.16. The van der Waals surface area contributed by atoms with Crippen LogP contribution in [0.25, 0.3) is 0 Å². The molecule has 0 amide bonds. The predicted molar refractivity (Wildman–Crippen MR) is 52.8 cm³/mol. The zero-order chi connectivity index (χ0) is 10.1. The van der Waals surface area contributed by atoms with Gasteiger partial charge in [-0.25, -0.2) is 4.39 Å². The normalized spacial score (nSPS) is 21.4. The molecule has 0 aliphatic carbocycles. The van der Waals surface area contributed by atoms with Crippen molar-refractivity contribution < 1.29 is 9.50 Å². The van der Waals surface area contributed by atoms with Gasteiger partial charge in [0, 0.05) is 17.2 Å². The summed E-state index contributed by atoms with van der Waals surface area (Å²) in [6.07, 6.45) is 2.12. The summed E-state index contributed by atoms with van der Waals surface area (Å²) >= 11 is 0. The van der Waals surface area contributed by atoms with Gasteiger partial charge < -0.3 is 10.4 Å². The van der Waals surface area contributed by atoms with Crippen molar-refractivity contribution in [3.05, 3.63) is 29.1 Å². The summed E-state index contributed by atoms with van der Waals surface area (Å²) in [7, 11) is 0. The summed E-state index contributed by atoms with van der Waals surface area (Å²) in [6, 6.07) is 3.28. The van der Waals surface area contributed by atoms with E-state index in [-0.39, 0.29) is 17.6 Å². The molecule has 0 spiro atoms. The van der Waals surface area contributed by atoms with Gasteiger partial charge in [0.05, 0.1) is 0 Å². The first-order chi connectivity index (χ1) is 6.70. The highest BCUT2D eigenvalue weighted by atomic mass is 19.1. The van der Waals surface area contributed by atoms with E-state index in [1.54, 1.807) is 13.0 Å². The summed E-state index contributed by atoms with van der Waals surface area (Å²) in [6.45, 7) is 2.57. The lowest BCUT2D eigenvalue weighted by Gasteiger charge is -2.14. The van der Waals surface area contributed by atoms with E-state index in [1.807, 2.05) is 0 Å². The lowest BCUT2D eigenvalue weighted by atomic mass is 10.0. The third-order valence-electron chi connectivity index (χ3n) is 2.83. The van der Waals surface area contributed by atoms with Crippen LogP contribution in [0.2, 0.25) is 0 Å². The fraction of sp³-hybridized carbons (Fsp3) is 0.455. The Kier molecular flexibility index (Phi) is 2.42. The van der Waals surface area contributed by atoms with E-state index in [2.05, 4.69) is 5.32 Å². The van der Waals surface area contributed by atoms with Crippen molar-refractivity contribution in [1.82, 2.24) is 5.32 Å². The maximum atomic E-state index is 13.1. The standard InChI is InChI=1S/C11H14FNO/c1-7-9(12)5-4-8(11(7)14)10-3-2-6-13-10/h4-5,10,13-14H,2-3,6H2,1H3/t10-/m0/s1. The van der Waals surface area contributed by atoms with Crippen LogP contribution in [0.5, 0.6) is 5.75 Å². The molecule has 1 saturated heterocycles. The smallest absolute Gasteiger partial charge is 0.129 e. The first-order valence-corrected chi connectivity index (χ1v) is 4.91. The molecule has 1 aromatic carbocycles. The fourth-order valence-electron chi connectivity index (χ4n) is 1.93. The highest BCUT2D eigenvalue weighted by molar-refractivity contribution is 5.42. The van der Waals surface area contributed by atoms with Crippen molar-refractivity contribution >= 4 is 0 Å². The SMILES string of the molecule is Cc1c(F)ccc([C@@H]2CCCN2)c1O. The van der Waals surface area contributed by atoms with Gasteiger partial charge in [-0.15, -0.1) is 0 Å². The molecule has 1 heterocycles. The van der Waals surface area contributed by atoms with Crippen LogP contribution in [0.15, 0.2) is 12.1 Å². The molecule has 0 unspecified atom stereocenters. The van der Waals surface area contributed by atoms with Gasteiger partial charge in [-0.1, -0.05) is 6.07 Å². The Hall–Kier alpha value is -1.09. The minimum atomic E-state index is -0.343. The lowest BCUT2D eigenvalue weighted by Crippen LogP contribution is -2.13. The molecule has 76 valence electrons. The summed E-state index contributed by atoms with van der Waals surface area (Å²) in [5, 5.41) is 13.0. The van der Waals surface area contributed by atoms with E-state index >= 15 is 0 Å².